The monoisotopic (exact) mass is 276 g/mol. The van der Waals surface area contributed by atoms with Crippen LogP contribution in [0, 0.1) is 11.3 Å². The maximum atomic E-state index is 9.34. The van der Waals surface area contributed by atoms with E-state index in [0.29, 0.717) is 12.5 Å². The van der Waals surface area contributed by atoms with E-state index in [2.05, 4.69) is 6.07 Å². The van der Waals surface area contributed by atoms with Gasteiger partial charge in [0.15, 0.2) is 0 Å². The van der Waals surface area contributed by atoms with Gasteiger partial charge < -0.3 is 10.5 Å². The minimum Gasteiger partial charge on any atom is -0.377 e. The average Bonchev–Trinajstić information content (AvgIpc) is 2.97. The number of ether oxygens (including phenoxy) is 1. The van der Waals surface area contributed by atoms with Crippen molar-refractivity contribution in [2.75, 3.05) is 18.1 Å². The molecule has 1 aromatic rings. The fraction of sp³-hybridized carbons (Fsp3) is 0.533. The molecule has 102 valence electrons. The number of thioether (sulfide) groups is 1. The van der Waals surface area contributed by atoms with Gasteiger partial charge in [-0.1, -0.05) is 30.3 Å². The Balaban J connectivity index is 1.80. The van der Waals surface area contributed by atoms with Crippen LogP contribution in [0.2, 0.25) is 0 Å². The first kappa shape index (κ1) is 14.4. The molecule has 1 fully saturated rings. The summed E-state index contributed by atoms with van der Waals surface area (Å²) >= 11 is 1.83. The smallest absolute Gasteiger partial charge is 0.130 e. The molecule has 1 saturated heterocycles. The molecule has 1 heterocycles. The lowest BCUT2D eigenvalue weighted by Gasteiger charge is -2.22. The number of nitrogens with zero attached hydrogens (tertiary/aromatic N) is 1. The molecule has 2 N–H and O–H groups in total. The molecular formula is C15H20N2OS. The van der Waals surface area contributed by atoms with Gasteiger partial charge in [0, 0.05) is 12.4 Å². The van der Waals surface area contributed by atoms with Crippen LogP contribution in [0.5, 0.6) is 0 Å². The van der Waals surface area contributed by atoms with Crippen LogP contribution in [-0.2, 0) is 10.3 Å². The Labute approximate surface area is 119 Å². The summed E-state index contributed by atoms with van der Waals surface area (Å²) in [5.41, 5.74) is 6.24. The third kappa shape index (κ3) is 3.97. The van der Waals surface area contributed by atoms with Crippen LogP contribution in [0.15, 0.2) is 30.3 Å². The summed E-state index contributed by atoms with van der Waals surface area (Å²) in [6, 6.07) is 11.9. The quantitative estimate of drug-likeness (QED) is 0.812. The highest BCUT2D eigenvalue weighted by Gasteiger charge is 2.26. The molecule has 0 aliphatic carbocycles. The Hall–Kier alpha value is -1.02. The van der Waals surface area contributed by atoms with Gasteiger partial charge in [-0.3, -0.25) is 0 Å². The van der Waals surface area contributed by atoms with Crippen molar-refractivity contribution >= 4 is 11.8 Å². The maximum absolute atomic E-state index is 9.34. The van der Waals surface area contributed by atoms with Crippen LogP contribution in [-0.4, -0.2) is 24.2 Å². The van der Waals surface area contributed by atoms with E-state index in [1.54, 1.807) is 0 Å². The van der Waals surface area contributed by atoms with E-state index in [1.807, 2.05) is 42.1 Å². The van der Waals surface area contributed by atoms with Crippen molar-refractivity contribution in [3.63, 3.8) is 0 Å². The van der Waals surface area contributed by atoms with Crippen molar-refractivity contribution in [1.29, 1.82) is 5.26 Å². The Bertz CT molecular complexity index is 426. The van der Waals surface area contributed by atoms with E-state index in [0.717, 1.165) is 30.1 Å². The van der Waals surface area contributed by atoms with Crippen LogP contribution in [0.4, 0.5) is 0 Å². The Morgan fingerprint density at radius 1 is 1.42 bits per heavy atom. The first-order chi connectivity index (χ1) is 9.24. The van der Waals surface area contributed by atoms with E-state index < -0.39 is 5.54 Å². The van der Waals surface area contributed by atoms with Gasteiger partial charge in [0.2, 0.25) is 0 Å². The standard InChI is InChI=1S/C15H20N2OS/c16-12-15(17,13-5-2-1-3-6-13)8-10-19-11-14-7-4-9-18-14/h1-3,5-6,14H,4,7-11,17H2. The molecule has 1 aliphatic heterocycles. The van der Waals surface area contributed by atoms with Crippen LogP contribution in [0.3, 0.4) is 0 Å². The summed E-state index contributed by atoms with van der Waals surface area (Å²) in [6.45, 7) is 0.897. The first-order valence-electron chi connectivity index (χ1n) is 6.69. The van der Waals surface area contributed by atoms with E-state index in [-0.39, 0.29) is 0 Å². The zero-order valence-corrected chi connectivity index (χ0v) is 11.9. The largest absolute Gasteiger partial charge is 0.377 e. The van der Waals surface area contributed by atoms with Gasteiger partial charge in [-0.05, 0) is 30.6 Å². The Morgan fingerprint density at radius 3 is 2.84 bits per heavy atom. The number of nitrogens with two attached hydrogens (primary N) is 1. The van der Waals surface area contributed by atoms with Crippen LogP contribution < -0.4 is 5.73 Å². The molecule has 2 atom stereocenters. The van der Waals surface area contributed by atoms with Gasteiger partial charge in [0.1, 0.15) is 5.54 Å². The number of rotatable bonds is 6. The Kier molecular flexibility index (Phi) is 5.26. The van der Waals surface area contributed by atoms with Crippen molar-refractivity contribution < 1.29 is 4.74 Å². The fourth-order valence-electron chi connectivity index (χ4n) is 2.22. The molecule has 4 heteroatoms. The zero-order chi connectivity index (χ0) is 13.6. The van der Waals surface area contributed by atoms with Gasteiger partial charge in [-0.25, -0.2) is 0 Å². The summed E-state index contributed by atoms with van der Waals surface area (Å²) in [7, 11) is 0. The van der Waals surface area contributed by atoms with Crippen molar-refractivity contribution in [3.8, 4) is 6.07 Å². The minimum atomic E-state index is -0.870. The molecule has 0 spiro atoms. The van der Waals surface area contributed by atoms with Crippen molar-refractivity contribution in [1.82, 2.24) is 0 Å². The zero-order valence-electron chi connectivity index (χ0n) is 11.0. The second-order valence-corrected chi connectivity index (χ2v) is 6.06. The summed E-state index contributed by atoms with van der Waals surface area (Å²) in [6.07, 6.45) is 3.41. The molecule has 2 unspecified atom stereocenters. The fourth-order valence-corrected chi connectivity index (χ4v) is 3.38. The van der Waals surface area contributed by atoms with Crippen LogP contribution in [0.1, 0.15) is 24.8 Å². The predicted molar refractivity (Wildman–Crippen MR) is 78.8 cm³/mol. The van der Waals surface area contributed by atoms with Crippen LogP contribution >= 0.6 is 11.8 Å². The molecule has 0 aromatic heterocycles. The molecule has 1 aromatic carbocycles. The van der Waals surface area contributed by atoms with E-state index in [1.165, 1.54) is 6.42 Å². The summed E-state index contributed by atoms with van der Waals surface area (Å²) in [4.78, 5) is 0. The first-order valence-corrected chi connectivity index (χ1v) is 7.85. The number of benzene rings is 1. The summed E-state index contributed by atoms with van der Waals surface area (Å²) < 4.78 is 5.58. The number of hydrogen-bond acceptors (Lipinski definition) is 4. The lowest BCUT2D eigenvalue weighted by Crippen LogP contribution is -2.35. The van der Waals surface area contributed by atoms with Gasteiger partial charge in [0.25, 0.3) is 0 Å². The third-order valence-electron chi connectivity index (χ3n) is 3.46. The molecule has 0 saturated carbocycles. The normalized spacial score (nSPS) is 21.8. The second kappa shape index (κ2) is 6.95. The highest BCUT2D eigenvalue weighted by molar-refractivity contribution is 7.99. The SMILES string of the molecule is N#CC(N)(CCSCC1CCCO1)c1ccccc1. The maximum Gasteiger partial charge on any atom is 0.130 e. The highest BCUT2D eigenvalue weighted by atomic mass is 32.2. The lowest BCUT2D eigenvalue weighted by molar-refractivity contribution is 0.129. The molecule has 2 rings (SSSR count). The molecule has 0 bridgehead atoms. The average molecular weight is 276 g/mol. The Morgan fingerprint density at radius 2 is 2.21 bits per heavy atom. The van der Waals surface area contributed by atoms with Crippen molar-refractivity contribution in [3.05, 3.63) is 35.9 Å². The van der Waals surface area contributed by atoms with Gasteiger partial charge in [-0.15, -0.1) is 0 Å². The molecular weight excluding hydrogens is 256 g/mol. The van der Waals surface area contributed by atoms with Crippen LogP contribution in [0.25, 0.3) is 0 Å². The van der Waals surface area contributed by atoms with Crippen molar-refractivity contribution in [2.24, 2.45) is 5.73 Å². The molecule has 1 aliphatic rings. The van der Waals surface area contributed by atoms with Crippen molar-refractivity contribution in [2.45, 2.75) is 30.9 Å². The highest BCUT2D eigenvalue weighted by Crippen LogP contribution is 2.25. The minimum absolute atomic E-state index is 0.399. The van der Waals surface area contributed by atoms with Gasteiger partial charge >= 0.3 is 0 Å². The summed E-state index contributed by atoms with van der Waals surface area (Å²) in [5, 5.41) is 9.34. The van der Waals surface area contributed by atoms with Gasteiger partial charge in [0.05, 0.1) is 12.2 Å². The van der Waals surface area contributed by atoms with E-state index >= 15 is 0 Å². The molecule has 19 heavy (non-hydrogen) atoms. The molecule has 0 amide bonds. The van der Waals surface area contributed by atoms with Gasteiger partial charge in [-0.2, -0.15) is 17.0 Å². The predicted octanol–water partition coefficient (Wildman–Crippen LogP) is 2.67. The lowest BCUT2D eigenvalue weighted by atomic mass is 9.90. The topological polar surface area (TPSA) is 59.0 Å². The summed E-state index contributed by atoms with van der Waals surface area (Å²) in [5.74, 6) is 1.90. The second-order valence-electron chi connectivity index (χ2n) is 4.91. The number of hydrogen-bond donors (Lipinski definition) is 1. The van der Waals surface area contributed by atoms with E-state index in [9.17, 15) is 5.26 Å². The third-order valence-corrected chi connectivity index (χ3v) is 4.56. The number of nitriles is 1. The molecule has 3 nitrogen and oxygen atoms in total. The molecule has 0 radical (unpaired) electrons. The van der Waals surface area contributed by atoms with E-state index in [4.69, 9.17) is 10.5 Å².